The van der Waals surface area contributed by atoms with Gasteiger partial charge in [-0.25, -0.2) is 0 Å². The van der Waals surface area contributed by atoms with Gasteiger partial charge in [-0.2, -0.15) is 11.8 Å². The number of hydrogen-bond donors (Lipinski definition) is 1. The fourth-order valence-corrected chi connectivity index (χ4v) is 2.96. The van der Waals surface area contributed by atoms with E-state index in [0.717, 1.165) is 12.0 Å². The van der Waals surface area contributed by atoms with Crippen LogP contribution in [0.5, 0.6) is 0 Å². The Hall–Kier alpha value is 0.310. The van der Waals surface area contributed by atoms with Gasteiger partial charge in [0.25, 0.3) is 0 Å². The summed E-state index contributed by atoms with van der Waals surface area (Å²) in [6.45, 7) is 1.29. The van der Waals surface area contributed by atoms with Crippen LogP contribution in [-0.4, -0.2) is 24.1 Å². The summed E-state index contributed by atoms with van der Waals surface area (Å²) in [4.78, 5) is 0. The van der Waals surface area contributed by atoms with Crippen molar-refractivity contribution in [2.75, 3.05) is 18.1 Å². The van der Waals surface area contributed by atoms with Crippen molar-refractivity contribution in [3.63, 3.8) is 0 Å². The van der Waals surface area contributed by atoms with E-state index in [-0.39, 0.29) is 0 Å². The minimum Gasteiger partial charge on any atom is -0.313 e. The van der Waals surface area contributed by atoms with Crippen molar-refractivity contribution in [1.82, 2.24) is 5.32 Å². The van der Waals surface area contributed by atoms with Crippen molar-refractivity contribution in [2.24, 2.45) is 5.92 Å². The van der Waals surface area contributed by atoms with Crippen molar-refractivity contribution in [3.8, 4) is 0 Å². The van der Waals surface area contributed by atoms with E-state index in [2.05, 4.69) is 17.1 Å². The van der Waals surface area contributed by atoms with E-state index in [1.54, 1.807) is 0 Å². The second kappa shape index (κ2) is 2.51. The third-order valence-electron chi connectivity index (χ3n) is 2.29. The van der Waals surface area contributed by atoms with Crippen molar-refractivity contribution < 1.29 is 0 Å². The van der Waals surface area contributed by atoms with Crippen LogP contribution >= 0.6 is 11.8 Å². The van der Waals surface area contributed by atoms with E-state index < -0.39 is 0 Å². The zero-order chi connectivity index (χ0) is 6.10. The molecule has 0 amide bonds. The van der Waals surface area contributed by atoms with Crippen LogP contribution in [0.3, 0.4) is 0 Å². The quantitative estimate of drug-likeness (QED) is 0.545. The number of fused-ring (bicyclic) bond motifs is 4. The van der Waals surface area contributed by atoms with E-state index >= 15 is 0 Å². The van der Waals surface area contributed by atoms with Crippen molar-refractivity contribution in [2.45, 2.75) is 18.9 Å². The van der Waals surface area contributed by atoms with Crippen molar-refractivity contribution in [1.29, 1.82) is 0 Å². The Bertz CT molecular complexity index is 79.6. The minimum atomic E-state index is 0.855. The summed E-state index contributed by atoms with van der Waals surface area (Å²) in [5.74, 6) is 3.76. The van der Waals surface area contributed by atoms with Gasteiger partial charge in [0, 0.05) is 11.8 Å². The second-order valence-electron chi connectivity index (χ2n) is 3.09. The van der Waals surface area contributed by atoms with E-state index in [9.17, 15) is 0 Å². The van der Waals surface area contributed by atoms with E-state index in [1.165, 1.54) is 30.9 Å². The van der Waals surface area contributed by atoms with Gasteiger partial charge in [-0.05, 0) is 31.1 Å². The highest BCUT2D eigenvalue weighted by atomic mass is 32.2. The largest absolute Gasteiger partial charge is 0.313 e. The van der Waals surface area contributed by atoms with Crippen LogP contribution in [0.4, 0.5) is 0 Å². The molecule has 0 saturated carbocycles. The van der Waals surface area contributed by atoms with Gasteiger partial charge >= 0.3 is 0 Å². The summed E-state index contributed by atoms with van der Waals surface area (Å²) in [7, 11) is 0. The molecule has 0 aromatic rings. The fraction of sp³-hybridized carbons (Fsp3) is 1.00. The number of rotatable bonds is 0. The third-order valence-corrected chi connectivity index (χ3v) is 3.64. The molecule has 3 saturated heterocycles. The number of nitrogens with one attached hydrogen (secondary N) is 1. The summed E-state index contributed by atoms with van der Waals surface area (Å²) in [5.41, 5.74) is 0. The van der Waals surface area contributed by atoms with Crippen LogP contribution in [-0.2, 0) is 0 Å². The standard InChI is InChI=1S/C7H13NS/c1-2-7-5-9-4-6(1)3-8-7/h6-8H,1-5H2. The molecule has 0 spiro atoms. The molecule has 1 nitrogen and oxygen atoms in total. The molecule has 3 aliphatic rings. The molecule has 3 heterocycles. The van der Waals surface area contributed by atoms with E-state index in [4.69, 9.17) is 0 Å². The van der Waals surface area contributed by atoms with Crippen LogP contribution in [0.1, 0.15) is 12.8 Å². The Balaban J connectivity index is 2.03. The summed E-state index contributed by atoms with van der Waals surface area (Å²) >= 11 is 2.13. The van der Waals surface area contributed by atoms with Crippen molar-refractivity contribution >= 4 is 11.8 Å². The number of hydrogen-bond acceptors (Lipinski definition) is 2. The molecule has 2 bridgehead atoms. The molecule has 3 fully saturated rings. The first-order valence-electron chi connectivity index (χ1n) is 3.76. The monoisotopic (exact) mass is 143 g/mol. The normalized spacial score (nSPS) is 42.7. The molecule has 52 valence electrons. The zero-order valence-electron chi connectivity index (χ0n) is 5.60. The van der Waals surface area contributed by atoms with Gasteiger partial charge in [-0.3, -0.25) is 0 Å². The van der Waals surface area contributed by atoms with Gasteiger partial charge in [0.15, 0.2) is 0 Å². The van der Waals surface area contributed by atoms with Crippen LogP contribution in [0.2, 0.25) is 0 Å². The SMILES string of the molecule is C1CC2CSCC1CN2. The molecule has 1 N–H and O–H groups in total. The van der Waals surface area contributed by atoms with Gasteiger partial charge in [0.1, 0.15) is 0 Å². The first kappa shape index (κ1) is 6.05. The second-order valence-corrected chi connectivity index (χ2v) is 4.16. The van der Waals surface area contributed by atoms with Crippen LogP contribution < -0.4 is 5.32 Å². The zero-order valence-corrected chi connectivity index (χ0v) is 6.41. The maximum atomic E-state index is 3.56. The first-order valence-corrected chi connectivity index (χ1v) is 4.92. The maximum Gasteiger partial charge on any atom is 0.0158 e. The molecule has 2 heteroatoms. The summed E-state index contributed by atoms with van der Waals surface area (Å²) < 4.78 is 0. The summed E-state index contributed by atoms with van der Waals surface area (Å²) in [5, 5.41) is 3.56. The van der Waals surface area contributed by atoms with Crippen LogP contribution in [0, 0.1) is 5.92 Å². The Morgan fingerprint density at radius 2 is 2.22 bits per heavy atom. The number of thioether (sulfide) groups is 1. The lowest BCUT2D eigenvalue weighted by Gasteiger charge is -2.23. The Kier molecular flexibility index (Phi) is 1.68. The minimum absolute atomic E-state index is 0.855. The van der Waals surface area contributed by atoms with Crippen molar-refractivity contribution in [3.05, 3.63) is 0 Å². The van der Waals surface area contributed by atoms with E-state index in [1.807, 2.05) is 0 Å². The topological polar surface area (TPSA) is 12.0 Å². The van der Waals surface area contributed by atoms with Gasteiger partial charge in [0.2, 0.25) is 0 Å². The highest BCUT2D eigenvalue weighted by Crippen LogP contribution is 2.25. The molecule has 2 atom stereocenters. The van der Waals surface area contributed by atoms with Crippen LogP contribution in [0.25, 0.3) is 0 Å². The molecule has 0 aliphatic carbocycles. The maximum absolute atomic E-state index is 3.56. The number of piperidine rings is 1. The van der Waals surface area contributed by atoms with Gasteiger partial charge in [0.05, 0.1) is 0 Å². The smallest absolute Gasteiger partial charge is 0.0158 e. The molecule has 0 aromatic carbocycles. The lowest BCUT2D eigenvalue weighted by atomic mass is 9.98. The lowest BCUT2D eigenvalue weighted by molar-refractivity contribution is 0.360. The first-order chi connectivity index (χ1) is 4.45. The van der Waals surface area contributed by atoms with Gasteiger partial charge in [-0.1, -0.05) is 0 Å². The van der Waals surface area contributed by atoms with Gasteiger partial charge < -0.3 is 5.32 Å². The predicted octanol–water partition coefficient (Wildman–Crippen LogP) is 1.10. The average molecular weight is 143 g/mol. The fourth-order valence-electron chi connectivity index (χ4n) is 1.64. The molecule has 0 aromatic heterocycles. The molecule has 2 unspecified atom stereocenters. The molecule has 3 aliphatic heterocycles. The highest BCUT2D eigenvalue weighted by Gasteiger charge is 2.24. The highest BCUT2D eigenvalue weighted by molar-refractivity contribution is 7.99. The molecule has 0 radical (unpaired) electrons. The Morgan fingerprint density at radius 1 is 1.22 bits per heavy atom. The third kappa shape index (κ3) is 1.24. The summed E-state index contributed by atoms with van der Waals surface area (Å²) in [6.07, 6.45) is 2.91. The predicted molar refractivity (Wildman–Crippen MR) is 41.8 cm³/mol. The van der Waals surface area contributed by atoms with E-state index in [0.29, 0.717) is 0 Å². The average Bonchev–Trinajstić information content (AvgIpc) is 2.21. The molecular formula is C7H13NS. The molecule has 3 rings (SSSR count). The Morgan fingerprint density at radius 3 is 3.00 bits per heavy atom. The molecular weight excluding hydrogens is 130 g/mol. The van der Waals surface area contributed by atoms with Gasteiger partial charge in [-0.15, -0.1) is 0 Å². The molecule has 9 heavy (non-hydrogen) atoms. The lowest BCUT2D eigenvalue weighted by Crippen LogP contribution is -2.37. The van der Waals surface area contributed by atoms with Crippen LogP contribution in [0.15, 0.2) is 0 Å². The Labute approximate surface area is 60.6 Å². The summed E-state index contributed by atoms with van der Waals surface area (Å²) in [6, 6.07) is 0.855.